The highest BCUT2D eigenvalue weighted by Gasteiger charge is 2.38. The van der Waals surface area contributed by atoms with E-state index in [4.69, 9.17) is 0 Å². The molecule has 3 atom stereocenters. The van der Waals surface area contributed by atoms with Crippen LogP contribution in [0.4, 0.5) is 0 Å². The molecule has 2 aliphatic rings. The summed E-state index contributed by atoms with van der Waals surface area (Å²) in [4.78, 5) is 10.9. The van der Waals surface area contributed by atoms with Crippen molar-refractivity contribution in [3.05, 3.63) is 0 Å². The Balaban J connectivity index is 2.13. The molecule has 0 spiro atoms. The smallest absolute Gasteiger partial charge is 0.136 e. The first-order valence-corrected chi connectivity index (χ1v) is 3.71. The van der Waals surface area contributed by atoms with E-state index in [9.17, 15) is 9.90 Å². The van der Waals surface area contributed by atoms with Crippen LogP contribution in [0.5, 0.6) is 0 Å². The molecule has 0 aromatic rings. The zero-order chi connectivity index (χ0) is 7.14. The number of nitrogens with one attached hydrogen (secondary N) is 1. The number of carbonyl (C=O) groups excluding carboxylic acids is 1. The van der Waals surface area contributed by atoms with Crippen molar-refractivity contribution in [1.82, 2.24) is 5.32 Å². The lowest BCUT2D eigenvalue weighted by atomic mass is 10.0. The number of hydrogen-bond donors (Lipinski definition) is 2. The lowest BCUT2D eigenvalue weighted by Crippen LogP contribution is -2.40. The Morgan fingerprint density at radius 1 is 1.50 bits per heavy atom. The summed E-state index contributed by atoms with van der Waals surface area (Å²) < 4.78 is 0. The summed E-state index contributed by atoms with van der Waals surface area (Å²) in [5, 5.41) is 12.5. The number of aliphatic hydroxyl groups excluding tert-OH is 1. The maximum atomic E-state index is 10.9. The van der Waals surface area contributed by atoms with Gasteiger partial charge in [0.1, 0.15) is 5.78 Å². The molecule has 2 saturated heterocycles. The van der Waals surface area contributed by atoms with Gasteiger partial charge in [-0.05, 0) is 6.42 Å². The second-order valence-electron chi connectivity index (χ2n) is 3.22. The molecule has 2 bridgehead atoms. The minimum atomic E-state index is -0.281. The summed E-state index contributed by atoms with van der Waals surface area (Å²) in [5.74, 6) is 0.297. The number of rotatable bonds is 0. The van der Waals surface area contributed by atoms with Gasteiger partial charge in [0.2, 0.25) is 0 Å². The molecule has 0 aliphatic carbocycles. The first-order valence-electron chi connectivity index (χ1n) is 3.71. The molecule has 2 fully saturated rings. The molecular weight excluding hydrogens is 130 g/mol. The number of piperidine rings is 1. The van der Waals surface area contributed by atoms with E-state index in [0.29, 0.717) is 18.6 Å². The highest BCUT2D eigenvalue weighted by Crippen LogP contribution is 2.24. The van der Waals surface area contributed by atoms with Crippen molar-refractivity contribution in [3.63, 3.8) is 0 Å². The molecule has 3 nitrogen and oxygen atoms in total. The zero-order valence-corrected chi connectivity index (χ0v) is 5.71. The molecule has 0 aromatic carbocycles. The normalized spacial score (nSPS) is 46.1. The number of Topliss-reactive ketones (excluding diaryl/α,β-unsaturated/α-hetero) is 1. The van der Waals surface area contributed by atoms with Crippen molar-refractivity contribution in [2.75, 3.05) is 0 Å². The van der Waals surface area contributed by atoms with E-state index in [1.807, 2.05) is 0 Å². The molecule has 56 valence electrons. The first-order chi connectivity index (χ1) is 4.75. The van der Waals surface area contributed by atoms with Crippen molar-refractivity contribution in [2.24, 2.45) is 0 Å². The molecule has 2 N–H and O–H groups in total. The Morgan fingerprint density at radius 3 is 3.00 bits per heavy atom. The highest BCUT2D eigenvalue weighted by molar-refractivity contribution is 5.81. The molecule has 3 heteroatoms. The number of carbonyl (C=O) groups is 1. The number of fused-ring (bicyclic) bond motifs is 2. The van der Waals surface area contributed by atoms with Crippen molar-refractivity contribution >= 4 is 5.78 Å². The fourth-order valence-electron chi connectivity index (χ4n) is 1.88. The third-order valence-electron chi connectivity index (χ3n) is 2.36. The van der Waals surface area contributed by atoms with Gasteiger partial charge in [-0.1, -0.05) is 0 Å². The predicted molar refractivity (Wildman–Crippen MR) is 35.6 cm³/mol. The average Bonchev–Trinajstić information content (AvgIpc) is 2.07. The van der Waals surface area contributed by atoms with Crippen LogP contribution in [0, 0.1) is 0 Å². The molecule has 2 aliphatic heterocycles. The Hall–Kier alpha value is -0.410. The number of hydrogen-bond acceptors (Lipinski definition) is 3. The maximum absolute atomic E-state index is 10.9. The molecule has 2 rings (SSSR count). The van der Waals surface area contributed by atoms with E-state index in [1.165, 1.54) is 0 Å². The molecule has 0 unspecified atom stereocenters. The Labute approximate surface area is 59.4 Å². The van der Waals surface area contributed by atoms with Gasteiger partial charge in [-0.25, -0.2) is 0 Å². The fourth-order valence-corrected chi connectivity index (χ4v) is 1.88. The minimum absolute atomic E-state index is 0.0613. The third-order valence-corrected chi connectivity index (χ3v) is 2.36. The van der Waals surface area contributed by atoms with E-state index in [-0.39, 0.29) is 18.2 Å². The molecule has 0 aromatic heterocycles. The van der Waals surface area contributed by atoms with E-state index in [0.717, 1.165) is 6.42 Å². The summed E-state index contributed by atoms with van der Waals surface area (Å²) in [7, 11) is 0. The number of ketones is 1. The Kier molecular flexibility index (Phi) is 1.28. The standard InChI is InChI=1S/C7H11NO2/c9-5-1-4-2-7(10)6(3-5)8-4/h4,6-8,10H,1-3H2/t4-,6-,7-/m0/s1. The predicted octanol–water partition coefficient (Wildman–Crippen LogP) is -0.559. The lowest BCUT2D eigenvalue weighted by molar-refractivity contribution is -0.121. The maximum Gasteiger partial charge on any atom is 0.136 e. The van der Waals surface area contributed by atoms with Gasteiger partial charge in [-0.2, -0.15) is 0 Å². The summed E-state index contributed by atoms with van der Waals surface area (Å²) in [6, 6.07) is 0.326. The summed E-state index contributed by atoms with van der Waals surface area (Å²) in [6.45, 7) is 0. The van der Waals surface area contributed by atoms with Crippen LogP contribution in [0.3, 0.4) is 0 Å². The summed E-state index contributed by atoms with van der Waals surface area (Å²) in [6.07, 6.45) is 1.62. The van der Waals surface area contributed by atoms with Gasteiger partial charge in [-0.3, -0.25) is 4.79 Å². The van der Waals surface area contributed by atoms with Crippen LogP contribution in [0.2, 0.25) is 0 Å². The lowest BCUT2D eigenvalue weighted by Gasteiger charge is -2.19. The highest BCUT2D eigenvalue weighted by atomic mass is 16.3. The Bertz CT molecular complexity index is 167. The SMILES string of the molecule is O=C1C[C@H]2C[C@H](O)[C@H](C1)N2. The van der Waals surface area contributed by atoms with E-state index < -0.39 is 0 Å². The quantitative estimate of drug-likeness (QED) is 0.475. The first kappa shape index (κ1) is 6.31. The Morgan fingerprint density at radius 2 is 2.30 bits per heavy atom. The second kappa shape index (κ2) is 2.04. The van der Waals surface area contributed by atoms with Crippen LogP contribution in [-0.2, 0) is 4.79 Å². The molecule has 2 heterocycles. The van der Waals surface area contributed by atoms with Gasteiger partial charge in [0, 0.05) is 24.9 Å². The van der Waals surface area contributed by atoms with E-state index >= 15 is 0 Å². The van der Waals surface area contributed by atoms with Gasteiger partial charge >= 0.3 is 0 Å². The summed E-state index contributed by atoms with van der Waals surface area (Å²) >= 11 is 0. The van der Waals surface area contributed by atoms with Crippen molar-refractivity contribution < 1.29 is 9.90 Å². The molecule has 0 saturated carbocycles. The van der Waals surface area contributed by atoms with E-state index in [2.05, 4.69) is 5.32 Å². The minimum Gasteiger partial charge on any atom is -0.391 e. The molecule has 0 amide bonds. The molecular formula is C7H11NO2. The molecule has 0 radical (unpaired) electrons. The molecule has 10 heavy (non-hydrogen) atoms. The van der Waals surface area contributed by atoms with Gasteiger partial charge in [-0.15, -0.1) is 0 Å². The van der Waals surface area contributed by atoms with Crippen LogP contribution in [-0.4, -0.2) is 29.1 Å². The van der Waals surface area contributed by atoms with Crippen LogP contribution < -0.4 is 5.32 Å². The topological polar surface area (TPSA) is 49.3 Å². The van der Waals surface area contributed by atoms with Crippen molar-refractivity contribution in [2.45, 2.75) is 37.5 Å². The van der Waals surface area contributed by atoms with Crippen LogP contribution >= 0.6 is 0 Å². The fraction of sp³-hybridized carbons (Fsp3) is 0.857. The largest absolute Gasteiger partial charge is 0.391 e. The van der Waals surface area contributed by atoms with Crippen molar-refractivity contribution in [1.29, 1.82) is 0 Å². The number of aliphatic hydroxyl groups is 1. The summed E-state index contributed by atoms with van der Waals surface area (Å²) in [5.41, 5.74) is 0. The van der Waals surface area contributed by atoms with Crippen molar-refractivity contribution in [3.8, 4) is 0 Å². The van der Waals surface area contributed by atoms with Gasteiger partial charge < -0.3 is 10.4 Å². The average molecular weight is 141 g/mol. The van der Waals surface area contributed by atoms with Crippen LogP contribution in [0.25, 0.3) is 0 Å². The van der Waals surface area contributed by atoms with Crippen LogP contribution in [0.15, 0.2) is 0 Å². The van der Waals surface area contributed by atoms with Crippen LogP contribution in [0.1, 0.15) is 19.3 Å². The van der Waals surface area contributed by atoms with Gasteiger partial charge in [0.25, 0.3) is 0 Å². The second-order valence-corrected chi connectivity index (χ2v) is 3.22. The third kappa shape index (κ3) is 0.859. The monoisotopic (exact) mass is 141 g/mol. The zero-order valence-electron chi connectivity index (χ0n) is 5.71. The van der Waals surface area contributed by atoms with Gasteiger partial charge in [0.15, 0.2) is 0 Å². The van der Waals surface area contributed by atoms with E-state index in [1.54, 1.807) is 0 Å². The van der Waals surface area contributed by atoms with Gasteiger partial charge in [0.05, 0.1) is 6.10 Å².